The van der Waals surface area contributed by atoms with Crippen molar-refractivity contribution in [3.8, 4) is 0 Å². The number of halogens is 2. The van der Waals surface area contributed by atoms with Gasteiger partial charge in [-0.25, -0.2) is 0 Å². The minimum absolute atomic E-state index is 0.0828. The molecule has 0 aliphatic heterocycles. The maximum Gasteiger partial charge on any atom is 0.304 e. The number of carboxylic acids is 1. The van der Waals surface area contributed by atoms with Crippen LogP contribution in [0.4, 0.5) is 0 Å². The van der Waals surface area contributed by atoms with Crippen molar-refractivity contribution in [2.75, 3.05) is 0 Å². The second-order valence-corrected chi connectivity index (χ2v) is 5.07. The molecular weight excluding hydrogens is 264 g/mol. The molecule has 10 heavy (non-hydrogen) atoms. The van der Waals surface area contributed by atoms with Crippen LogP contribution in [0.5, 0.6) is 0 Å². The molecule has 0 saturated carbocycles. The van der Waals surface area contributed by atoms with Crippen molar-refractivity contribution in [2.45, 2.75) is 29.4 Å². The van der Waals surface area contributed by atoms with Crippen LogP contribution < -0.4 is 0 Å². The first kappa shape index (κ1) is 10.4. The fraction of sp³-hybridized carbons (Fsp3) is 0.833. The van der Waals surface area contributed by atoms with Gasteiger partial charge in [0.2, 0.25) is 0 Å². The second kappa shape index (κ2) is 5.13. The highest BCUT2D eigenvalue weighted by Crippen LogP contribution is 2.16. The van der Waals surface area contributed by atoms with Gasteiger partial charge in [0.1, 0.15) is 0 Å². The molecule has 0 bridgehead atoms. The fourth-order valence-electron chi connectivity index (χ4n) is 0.625. The van der Waals surface area contributed by atoms with E-state index >= 15 is 0 Å². The molecule has 0 heterocycles. The third-order valence-electron chi connectivity index (χ3n) is 0.977. The topological polar surface area (TPSA) is 37.3 Å². The molecule has 0 aromatic rings. The number of alkyl halides is 2. The molecule has 0 aromatic carbocycles. The van der Waals surface area contributed by atoms with Crippen molar-refractivity contribution in [1.82, 2.24) is 0 Å². The molecule has 0 spiro atoms. The van der Waals surface area contributed by atoms with Crippen molar-refractivity contribution in [1.29, 1.82) is 0 Å². The zero-order valence-corrected chi connectivity index (χ0v) is 8.85. The van der Waals surface area contributed by atoms with Crippen molar-refractivity contribution in [3.63, 3.8) is 0 Å². The molecule has 2 atom stereocenters. The summed E-state index contributed by atoms with van der Waals surface area (Å²) in [4.78, 5) is 10.6. The molecular formula is C6H10Br2O2. The smallest absolute Gasteiger partial charge is 0.304 e. The van der Waals surface area contributed by atoms with Gasteiger partial charge in [-0.05, 0) is 6.42 Å². The summed E-state index contributed by atoms with van der Waals surface area (Å²) < 4.78 is 0. The lowest BCUT2D eigenvalue weighted by Crippen LogP contribution is -2.09. The van der Waals surface area contributed by atoms with E-state index < -0.39 is 5.97 Å². The first-order valence-corrected chi connectivity index (χ1v) is 4.85. The highest BCUT2D eigenvalue weighted by Gasteiger charge is 2.10. The maximum atomic E-state index is 10.1. The maximum absolute atomic E-state index is 10.1. The summed E-state index contributed by atoms with van der Waals surface area (Å²) in [6, 6.07) is 0. The first-order chi connectivity index (χ1) is 4.52. The molecule has 0 saturated heterocycles. The average Bonchev–Trinajstić information content (AvgIpc) is 1.58. The van der Waals surface area contributed by atoms with Gasteiger partial charge in [0.05, 0.1) is 6.42 Å². The molecule has 0 amide bonds. The van der Waals surface area contributed by atoms with E-state index in [-0.39, 0.29) is 11.2 Å². The lowest BCUT2D eigenvalue weighted by molar-refractivity contribution is -0.136. The average molecular weight is 274 g/mol. The van der Waals surface area contributed by atoms with E-state index in [2.05, 4.69) is 31.9 Å². The first-order valence-electron chi connectivity index (χ1n) is 3.02. The molecule has 2 nitrogen and oxygen atoms in total. The van der Waals surface area contributed by atoms with Crippen LogP contribution in [0.2, 0.25) is 0 Å². The number of carboxylic acid groups (broad SMARTS) is 1. The Morgan fingerprint density at radius 2 is 2.10 bits per heavy atom. The Bertz CT molecular complexity index is 114. The number of hydrogen-bond acceptors (Lipinski definition) is 1. The Hall–Kier alpha value is 0.430. The summed E-state index contributed by atoms with van der Waals surface area (Å²) in [7, 11) is 0. The van der Waals surface area contributed by atoms with Crippen molar-refractivity contribution < 1.29 is 9.90 Å². The van der Waals surface area contributed by atoms with Crippen LogP contribution in [0, 0.1) is 0 Å². The van der Waals surface area contributed by atoms with E-state index in [0.717, 1.165) is 6.42 Å². The van der Waals surface area contributed by atoms with Crippen molar-refractivity contribution in [2.24, 2.45) is 0 Å². The van der Waals surface area contributed by atoms with Gasteiger partial charge in [-0.1, -0.05) is 38.8 Å². The molecule has 60 valence electrons. The zero-order valence-electron chi connectivity index (χ0n) is 5.68. The predicted octanol–water partition coefficient (Wildman–Crippen LogP) is 2.40. The highest BCUT2D eigenvalue weighted by molar-refractivity contribution is 9.10. The Labute approximate surface area is 77.3 Å². The Kier molecular flexibility index (Phi) is 5.35. The minimum Gasteiger partial charge on any atom is -0.481 e. The standard InChI is InChI=1S/C6H10Br2O2/c1-4(7)2-5(8)3-6(9)10/h4-5H,2-3H2,1H3,(H,9,10). The van der Waals surface area contributed by atoms with Gasteiger partial charge in [-0.15, -0.1) is 0 Å². The molecule has 0 radical (unpaired) electrons. The van der Waals surface area contributed by atoms with Crippen LogP contribution in [0.15, 0.2) is 0 Å². The molecule has 0 fully saturated rings. The Morgan fingerprint density at radius 1 is 1.60 bits per heavy atom. The Morgan fingerprint density at radius 3 is 2.40 bits per heavy atom. The van der Waals surface area contributed by atoms with E-state index in [1.165, 1.54) is 0 Å². The monoisotopic (exact) mass is 272 g/mol. The summed E-state index contributed by atoms with van der Waals surface area (Å²) in [6.07, 6.45) is 1.03. The van der Waals surface area contributed by atoms with Gasteiger partial charge in [0.25, 0.3) is 0 Å². The number of rotatable bonds is 4. The quantitative estimate of drug-likeness (QED) is 0.799. The number of carbonyl (C=O) groups is 1. The summed E-state index contributed by atoms with van der Waals surface area (Å²) in [5, 5.41) is 8.35. The Balaban J connectivity index is 3.43. The third kappa shape index (κ3) is 6.55. The molecule has 0 rings (SSSR count). The number of hydrogen-bond donors (Lipinski definition) is 1. The molecule has 1 N–H and O–H groups in total. The van der Waals surface area contributed by atoms with Crippen LogP contribution in [0.1, 0.15) is 19.8 Å². The fourth-order valence-corrected chi connectivity index (χ4v) is 2.42. The van der Waals surface area contributed by atoms with Gasteiger partial charge >= 0.3 is 5.97 Å². The molecule has 2 unspecified atom stereocenters. The van der Waals surface area contributed by atoms with E-state index in [4.69, 9.17) is 5.11 Å². The van der Waals surface area contributed by atoms with Crippen LogP contribution in [0.25, 0.3) is 0 Å². The molecule has 0 aliphatic rings. The number of aliphatic carboxylic acids is 1. The third-order valence-corrected chi connectivity index (χ3v) is 2.05. The van der Waals surface area contributed by atoms with Crippen LogP contribution in [-0.2, 0) is 4.79 Å². The van der Waals surface area contributed by atoms with Gasteiger partial charge in [-0.2, -0.15) is 0 Å². The van der Waals surface area contributed by atoms with Gasteiger partial charge in [0, 0.05) is 9.65 Å². The van der Waals surface area contributed by atoms with Crippen LogP contribution >= 0.6 is 31.9 Å². The van der Waals surface area contributed by atoms with E-state index in [0.29, 0.717) is 4.83 Å². The SMILES string of the molecule is CC(Br)CC(Br)CC(=O)O. The van der Waals surface area contributed by atoms with E-state index in [9.17, 15) is 4.79 Å². The van der Waals surface area contributed by atoms with Gasteiger partial charge in [-0.3, -0.25) is 4.79 Å². The highest BCUT2D eigenvalue weighted by atomic mass is 79.9. The van der Waals surface area contributed by atoms with E-state index in [1.54, 1.807) is 0 Å². The summed E-state index contributed by atoms with van der Waals surface area (Å²) in [6.45, 7) is 2.00. The van der Waals surface area contributed by atoms with E-state index in [1.807, 2.05) is 6.92 Å². The van der Waals surface area contributed by atoms with Crippen LogP contribution in [-0.4, -0.2) is 20.7 Å². The lowest BCUT2D eigenvalue weighted by Gasteiger charge is -2.07. The van der Waals surface area contributed by atoms with Gasteiger partial charge < -0.3 is 5.11 Å². The molecule has 0 aromatic heterocycles. The zero-order chi connectivity index (χ0) is 8.15. The lowest BCUT2D eigenvalue weighted by atomic mass is 10.2. The minimum atomic E-state index is -0.755. The summed E-state index contributed by atoms with van der Waals surface area (Å²) in [5.74, 6) is -0.755. The molecule has 0 aliphatic carbocycles. The van der Waals surface area contributed by atoms with Crippen molar-refractivity contribution >= 4 is 37.8 Å². The van der Waals surface area contributed by atoms with Gasteiger partial charge in [0.15, 0.2) is 0 Å². The van der Waals surface area contributed by atoms with Crippen molar-refractivity contribution in [3.05, 3.63) is 0 Å². The van der Waals surface area contributed by atoms with Crippen LogP contribution in [0.3, 0.4) is 0 Å². The second-order valence-electron chi connectivity index (χ2n) is 2.21. The normalized spacial score (nSPS) is 16.3. The largest absolute Gasteiger partial charge is 0.481 e. The summed E-state index contributed by atoms with van der Waals surface area (Å²) in [5.41, 5.74) is 0. The molecule has 4 heteroatoms. The summed E-state index contributed by atoms with van der Waals surface area (Å²) >= 11 is 6.61. The predicted molar refractivity (Wildman–Crippen MR) is 48.0 cm³/mol.